The number of thiazole rings is 1. The number of carbonyl (C=O) groups excluding carboxylic acids is 1. The van der Waals surface area contributed by atoms with Gasteiger partial charge in [0.2, 0.25) is 0 Å². The number of anilines is 2. The molecule has 0 radical (unpaired) electrons. The number of amides is 1. The number of carbonyl (C=O) groups is 1. The zero-order valence-electron chi connectivity index (χ0n) is 18.1. The highest BCUT2D eigenvalue weighted by Gasteiger charge is 2.26. The molecule has 1 aliphatic heterocycles. The number of nitrogens with one attached hydrogen (secondary N) is 1. The van der Waals surface area contributed by atoms with Crippen LogP contribution in [0.1, 0.15) is 15.4 Å². The number of ether oxygens (including phenoxy) is 1. The number of sulfonamides is 1. The van der Waals surface area contributed by atoms with Crippen molar-refractivity contribution in [3.63, 3.8) is 0 Å². The first kappa shape index (κ1) is 23.3. The third-order valence-corrected chi connectivity index (χ3v) is 8.14. The minimum atomic E-state index is -3.83. The highest BCUT2D eigenvalue weighted by molar-refractivity contribution is 7.93. The highest BCUT2D eigenvalue weighted by atomic mass is 35.5. The largest absolute Gasteiger partial charge is 0.497 e. The van der Waals surface area contributed by atoms with Gasteiger partial charge in [-0.2, -0.15) is 0 Å². The number of hydrogen-bond acceptors (Lipinski definition) is 7. The summed E-state index contributed by atoms with van der Waals surface area (Å²) in [6, 6.07) is 13.7. The number of rotatable bonds is 6. The van der Waals surface area contributed by atoms with Crippen LogP contribution in [-0.4, -0.2) is 57.5 Å². The molecule has 4 rings (SSSR count). The van der Waals surface area contributed by atoms with E-state index in [1.165, 1.54) is 19.2 Å². The van der Waals surface area contributed by atoms with Crippen molar-refractivity contribution >= 4 is 49.7 Å². The molecule has 1 N–H and O–H groups in total. The molecule has 174 valence electrons. The standard InChI is InChI=1S/C22H23ClN4O4S2/c1-15-20(21(28)27-13-11-26(12-14-27)17-5-3-16(23)4-6-17)32-22(24-15)25-33(29,30)19-9-7-18(31-2)8-10-19/h3-10H,11-14H2,1-2H3,(H,24,25). The van der Waals surface area contributed by atoms with Crippen molar-refractivity contribution in [2.75, 3.05) is 42.9 Å². The second-order valence-electron chi connectivity index (χ2n) is 7.47. The Kier molecular flexibility index (Phi) is 6.78. The fourth-order valence-corrected chi connectivity index (χ4v) is 5.83. The summed E-state index contributed by atoms with van der Waals surface area (Å²) in [5, 5.41) is 0.845. The minimum Gasteiger partial charge on any atom is -0.497 e. The predicted molar refractivity (Wildman–Crippen MR) is 130 cm³/mol. The molecule has 1 saturated heterocycles. The van der Waals surface area contributed by atoms with Gasteiger partial charge in [0.1, 0.15) is 10.6 Å². The van der Waals surface area contributed by atoms with E-state index in [0.29, 0.717) is 47.5 Å². The number of piperazine rings is 1. The number of hydrogen-bond donors (Lipinski definition) is 1. The van der Waals surface area contributed by atoms with E-state index in [2.05, 4.69) is 14.6 Å². The van der Waals surface area contributed by atoms with Gasteiger partial charge < -0.3 is 14.5 Å². The van der Waals surface area contributed by atoms with E-state index >= 15 is 0 Å². The van der Waals surface area contributed by atoms with Crippen LogP contribution in [0.15, 0.2) is 53.4 Å². The smallest absolute Gasteiger partial charge is 0.266 e. The van der Waals surface area contributed by atoms with Crippen molar-refractivity contribution in [3.8, 4) is 5.75 Å². The molecule has 1 aromatic heterocycles. The topological polar surface area (TPSA) is 91.8 Å². The molecule has 1 aliphatic rings. The summed E-state index contributed by atoms with van der Waals surface area (Å²) in [5.74, 6) is 0.415. The summed E-state index contributed by atoms with van der Waals surface area (Å²) in [7, 11) is -2.32. The Morgan fingerprint density at radius 3 is 2.30 bits per heavy atom. The molecule has 8 nitrogen and oxygen atoms in total. The molecule has 11 heteroatoms. The van der Waals surface area contributed by atoms with E-state index in [1.807, 2.05) is 24.3 Å². The summed E-state index contributed by atoms with van der Waals surface area (Å²) in [5.41, 5.74) is 1.56. The van der Waals surface area contributed by atoms with E-state index < -0.39 is 10.0 Å². The number of benzene rings is 2. The first-order valence-corrected chi connectivity index (χ1v) is 12.9. The molecule has 3 aromatic rings. The molecule has 0 bridgehead atoms. The monoisotopic (exact) mass is 506 g/mol. The van der Waals surface area contributed by atoms with E-state index in [-0.39, 0.29) is 15.9 Å². The third kappa shape index (κ3) is 5.23. The van der Waals surface area contributed by atoms with Crippen LogP contribution in [0, 0.1) is 6.92 Å². The molecule has 0 aliphatic carbocycles. The summed E-state index contributed by atoms with van der Waals surface area (Å²) in [4.78, 5) is 21.9. The Morgan fingerprint density at radius 2 is 1.70 bits per heavy atom. The molecule has 0 spiro atoms. The van der Waals surface area contributed by atoms with Crippen LogP contribution >= 0.6 is 22.9 Å². The van der Waals surface area contributed by atoms with Crippen LogP contribution < -0.4 is 14.4 Å². The highest BCUT2D eigenvalue weighted by Crippen LogP contribution is 2.28. The number of aryl methyl sites for hydroxylation is 1. The van der Waals surface area contributed by atoms with Gasteiger partial charge in [0.15, 0.2) is 5.13 Å². The van der Waals surface area contributed by atoms with Crippen LogP contribution in [0.3, 0.4) is 0 Å². The molecule has 0 atom stereocenters. The Balaban J connectivity index is 1.42. The summed E-state index contributed by atoms with van der Waals surface area (Å²) >= 11 is 7.01. The molecule has 2 aromatic carbocycles. The van der Waals surface area contributed by atoms with Crippen molar-refractivity contribution in [2.24, 2.45) is 0 Å². The number of methoxy groups -OCH3 is 1. The van der Waals surface area contributed by atoms with Gasteiger partial charge in [-0.3, -0.25) is 9.52 Å². The molecule has 33 heavy (non-hydrogen) atoms. The summed E-state index contributed by atoms with van der Waals surface area (Å²) < 4.78 is 32.9. The molecule has 1 amide bonds. The quantitative estimate of drug-likeness (QED) is 0.545. The van der Waals surface area contributed by atoms with Crippen LogP contribution in [0.2, 0.25) is 5.02 Å². The van der Waals surface area contributed by atoms with Gasteiger partial charge in [0.25, 0.3) is 15.9 Å². The fourth-order valence-electron chi connectivity index (χ4n) is 3.53. The normalized spacial score (nSPS) is 14.3. The fraction of sp³-hybridized carbons (Fsp3) is 0.273. The summed E-state index contributed by atoms with van der Waals surface area (Å²) in [6.07, 6.45) is 0. The van der Waals surface area contributed by atoms with Crippen molar-refractivity contribution in [2.45, 2.75) is 11.8 Å². The number of aromatic nitrogens is 1. The van der Waals surface area contributed by atoms with E-state index in [9.17, 15) is 13.2 Å². The summed E-state index contributed by atoms with van der Waals surface area (Å²) in [6.45, 7) is 4.22. The molecular weight excluding hydrogens is 484 g/mol. The maximum absolute atomic E-state index is 13.1. The maximum Gasteiger partial charge on any atom is 0.266 e. The Labute approximate surface area is 201 Å². The van der Waals surface area contributed by atoms with Gasteiger partial charge in [0, 0.05) is 36.9 Å². The van der Waals surface area contributed by atoms with Crippen LogP contribution in [0.5, 0.6) is 5.75 Å². The lowest BCUT2D eigenvalue weighted by molar-refractivity contribution is 0.0750. The van der Waals surface area contributed by atoms with E-state index in [0.717, 1.165) is 17.0 Å². The average Bonchev–Trinajstić information content (AvgIpc) is 3.18. The Morgan fingerprint density at radius 1 is 1.06 bits per heavy atom. The van der Waals surface area contributed by atoms with Gasteiger partial charge >= 0.3 is 0 Å². The van der Waals surface area contributed by atoms with Gasteiger partial charge in [-0.1, -0.05) is 22.9 Å². The lowest BCUT2D eigenvalue weighted by atomic mass is 10.2. The Bertz CT molecular complexity index is 1240. The molecule has 0 unspecified atom stereocenters. The van der Waals surface area contributed by atoms with E-state index in [4.69, 9.17) is 16.3 Å². The number of halogens is 1. The predicted octanol–water partition coefficient (Wildman–Crippen LogP) is 3.88. The first-order valence-electron chi connectivity index (χ1n) is 10.2. The SMILES string of the molecule is COc1ccc(S(=O)(=O)Nc2nc(C)c(C(=O)N3CCN(c4ccc(Cl)cc4)CC3)s2)cc1. The Hall–Kier alpha value is -2.82. The first-order chi connectivity index (χ1) is 15.8. The van der Waals surface area contributed by atoms with Crippen LogP contribution in [0.4, 0.5) is 10.8 Å². The zero-order valence-corrected chi connectivity index (χ0v) is 20.5. The van der Waals surface area contributed by atoms with Crippen LogP contribution in [-0.2, 0) is 10.0 Å². The van der Waals surface area contributed by atoms with Gasteiger partial charge in [-0.25, -0.2) is 13.4 Å². The van der Waals surface area contributed by atoms with Crippen molar-refractivity contribution < 1.29 is 17.9 Å². The molecule has 1 fully saturated rings. The third-order valence-electron chi connectivity index (χ3n) is 5.34. The maximum atomic E-state index is 13.1. The molecular formula is C22H23ClN4O4S2. The van der Waals surface area contributed by atoms with E-state index in [1.54, 1.807) is 24.0 Å². The second kappa shape index (κ2) is 9.58. The van der Waals surface area contributed by atoms with Gasteiger partial charge in [-0.15, -0.1) is 0 Å². The minimum absolute atomic E-state index is 0.0855. The molecule has 0 saturated carbocycles. The zero-order chi connectivity index (χ0) is 23.6. The number of nitrogens with zero attached hydrogens (tertiary/aromatic N) is 3. The van der Waals surface area contributed by atoms with Crippen molar-refractivity contribution in [3.05, 3.63) is 64.1 Å². The second-order valence-corrected chi connectivity index (χ2v) is 10.6. The van der Waals surface area contributed by atoms with Crippen molar-refractivity contribution in [1.82, 2.24) is 9.88 Å². The lowest BCUT2D eigenvalue weighted by Crippen LogP contribution is -2.48. The van der Waals surface area contributed by atoms with Crippen LogP contribution in [0.25, 0.3) is 0 Å². The van der Waals surface area contributed by atoms with Gasteiger partial charge in [0.05, 0.1) is 17.7 Å². The lowest BCUT2D eigenvalue weighted by Gasteiger charge is -2.36. The molecule has 2 heterocycles. The average molecular weight is 507 g/mol. The van der Waals surface area contributed by atoms with Gasteiger partial charge in [-0.05, 0) is 55.5 Å². The van der Waals surface area contributed by atoms with Crippen molar-refractivity contribution in [1.29, 1.82) is 0 Å².